The summed E-state index contributed by atoms with van der Waals surface area (Å²) in [4.78, 5) is 23.7. The lowest BCUT2D eigenvalue weighted by molar-refractivity contribution is 0.0693. The molecule has 1 unspecified atom stereocenters. The number of hydrogen-bond acceptors (Lipinski definition) is 5. The van der Waals surface area contributed by atoms with Gasteiger partial charge in [0.25, 0.3) is 0 Å². The molecule has 150 valence electrons. The molecule has 28 heavy (non-hydrogen) atoms. The largest absolute Gasteiger partial charge is 0.489 e. The molecule has 0 saturated carbocycles. The number of aromatic nitrogens is 1. The maximum absolute atomic E-state index is 12.3. The minimum atomic E-state index is -1.27. The molecule has 1 aliphatic rings. The number of rotatable bonds is 6. The first-order valence-corrected chi connectivity index (χ1v) is 8.98. The minimum absolute atomic E-state index is 0.0778. The van der Waals surface area contributed by atoms with Gasteiger partial charge in [-0.3, -0.25) is 10.2 Å². The van der Waals surface area contributed by atoms with Crippen molar-refractivity contribution in [3.8, 4) is 0 Å². The molecule has 1 aromatic heterocycles. The summed E-state index contributed by atoms with van der Waals surface area (Å²) in [6.45, 7) is 7.95. The summed E-state index contributed by atoms with van der Waals surface area (Å²) in [6, 6.07) is 1.17. The molecule has 2 rings (SSSR count). The molecule has 0 spiro atoms. The normalized spacial score (nSPS) is 16.8. The van der Waals surface area contributed by atoms with Crippen LogP contribution in [0.1, 0.15) is 49.8 Å². The molecule has 0 aromatic carbocycles. The highest BCUT2D eigenvalue weighted by Crippen LogP contribution is 2.31. The fourth-order valence-corrected chi connectivity index (χ4v) is 2.70. The van der Waals surface area contributed by atoms with E-state index in [-0.39, 0.29) is 35.9 Å². The average Bonchev–Trinajstić information content (AvgIpc) is 2.61. The highest BCUT2D eigenvalue weighted by atomic mass is 16.5. The molecule has 3 N–H and O–H groups in total. The number of aliphatic hydroxyl groups excluding tert-OH is 1. The van der Waals surface area contributed by atoms with Gasteiger partial charge in [0.15, 0.2) is 5.43 Å². The van der Waals surface area contributed by atoms with Crippen molar-refractivity contribution in [1.82, 2.24) is 4.57 Å². The summed E-state index contributed by atoms with van der Waals surface area (Å²) in [5.74, 6) is -0.949. The molecule has 7 heteroatoms. The summed E-state index contributed by atoms with van der Waals surface area (Å²) < 4.78 is 7.12. The Morgan fingerprint density at radius 1 is 1.39 bits per heavy atom. The van der Waals surface area contributed by atoms with E-state index in [0.29, 0.717) is 17.0 Å². The molecule has 1 aromatic rings. The van der Waals surface area contributed by atoms with Crippen molar-refractivity contribution in [2.75, 3.05) is 13.2 Å². The summed E-state index contributed by atoms with van der Waals surface area (Å²) in [5.41, 5.74) is 0.0805. The van der Waals surface area contributed by atoms with Crippen LogP contribution in [0.25, 0.3) is 6.08 Å². The van der Waals surface area contributed by atoms with E-state index in [4.69, 9.17) is 15.3 Å². The molecular weight excluding hydrogens is 360 g/mol. The molecule has 0 bridgehead atoms. The third-order valence-corrected chi connectivity index (χ3v) is 4.72. The van der Waals surface area contributed by atoms with Crippen molar-refractivity contribution in [2.45, 2.75) is 33.7 Å². The van der Waals surface area contributed by atoms with E-state index in [1.807, 2.05) is 27.7 Å². The summed E-state index contributed by atoms with van der Waals surface area (Å²) in [6.07, 6.45) is 8.10. The zero-order chi connectivity index (χ0) is 21.1. The van der Waals surface area contributed by atoms with E-state index in [1.54, 1.807) is 28.9 Å². The van der Waals surface area contributed by atoms with Gasteiger partial charge in [-0.1, -0.05) is 32.9 Å². The predicted molar refractivity (Wildman–Crippen MR) is 108 cm³/mol. The molecule has 0 fully saturated rings. The number of carboxylic acids is 1. The second kappa shape index (κ2) is 8.39. The van der Waals surface area contributed by atoms with E-state index in [1.165, 1.54) is 12.3 Å². The molecule has 0 aliphatic heterocycles. The average molecular weight is 386 g/mol. The van der Waals surface area contributed by atoms with Crippen molar-refractivity contribution in [3.63, 3.8) is 0 Å². The van der Waals surface area contributed by atoms with Gasteiger partial charge in [-0.25, -0.2) is 4.79 Å². The Morgan fingerprint density at radius 2 is 2.07 bits per heavy atom. The van der Waals surface area contributed by atoms with Gasteiger partial charge in [0, 0.05) is 29.6 Å². The molecule has 0 saturated heterocycles. The Morgan fingerprint density at radius 3 is 2.64 bits per heavy atom. The molecule has 1 aliphatic carbocycles. The van der Waals surface area contributed by atoms with Gasteiger partial charge >= 0.3 is 5.97 Å². The van der Waals surface area contributed by atoms with Crippen molar-refractivity contribution < 1.29 is 19.7 Å². The van der Waals surface area contributed by atoms with Crippen molar-refractivity contribution in [3.05, 3.63) is 63.3 Å². The summed E-state index contributed by atoms with van der Waals surface area (Å²) >= 11 is 0. The number of ether oxygens (including phenoxy) is 1. The van der Waals surface area contributed by atoms with Crippen LogP contribution >= 0.6 is 0 Å². The van der Waals surface area contributed by atoms with E-state index in [2.05, 4.69) is 0 Å². The fraction of sp³-hybridized carbons (Fsp3) is 0.381. The van der Waals surface area contributed by atoms with E-state index in [9.17, 15) is 14.7 Å². The van der Waals surface area contributed by atoms with Crippen LogP contribution in [0.5, 0.6) is 0 Å². The number of allylic oxidation sites excluding steroid dienone is 4. The maximum Gasteiger partial charge on any atom is 0.341 e. The van der Waals surface area contributed by atoms with Crippen LogP contribution in [0, 0.1) is 10.8 Å². The lowest BCUT2D eigenvalue weighted by Gasteiger charge is -2.31. The molecule has 7 nitrogen and oxygen atoms in total. The monoisotopic (exact) mass is 386 g/mol. The van der Waals surface area contributed by atoms with Crippen molar-refractivity contribution >= 4 is 17.8 Å². The first-order chi connectivity index (χ1) is 13.1. The van der Waals surface area contributed by atoms with Crippen LogP contribution in [0.2, 0.25) is 0 Å². The maximum atomic E-state index is 12.3. The number of nitrogens with zero attached hydrogens (tertiary/aromatic N) is 1. The number of aromatic carboxylic acids is 1. The Bertz CT molecular complexity index is 929. The lowest BCUT2D eigenvalue weighted by Crippen LogP contribution is -2.27. The van der Waals surface area contributed by atoms with Crippen LogP contribution < -0.4 is 5.43 Å². The van der Waals surface area contributed by atoms with Crippen molar-refractivity contribution in [1.29, 1.82) is 5.41 Å². The molecule has 1 atom stereocenters. The van der Waals surface area contributed by atoms with E-state index < -0.39 is 11.4 Å². The summed E-state index contributed by atoms with van der Waals surface area (Å²) in [5, 5.41) is 26.6. The second-order valence-corrected chi connectivity index (χ2v) is 7.67. The number of hydrogen-bond donors (Lipinski definition) is 3. The smallest absolute Gasteiger partial charge is 0.341 e. The lowest BCUT2D eigenvalue weighted by atomic mass is 9.87. The number of pyridine rings is 1. The topological polar surface area (TPSA) is 113 Å². The Hall–Kier alpha value is -2.93. The standard InChI is InChI=1S/C21H26N2O5/c1-13(21(2,3)4)23-12-16(20(26)27)17(25)11-15(23)10-14-6-5-7-18(19(14)22)28-9-8-24/h5-7,10-13,22,24H,8-9H2,1-4H3,(H,26,27)/b14-10+,22-19?. The fourth-order valence-electron chi connectivity index (χ4n) is 2.70. The van der Waals surface area contributed by atoms with Gasteiger partial charge < -0.3 is 19.5 Å². The van der Waals surface area contributed by atoms with E-state index in [0.717, 1.165) is 0 Å². The van der Waals surface area contributed by atoms with Gasteiger partial charge in [0.1, 0.15) is 23.6 Å². The first kappa shape index (κ1) is 21.4. The SMILES string of the molecule is CC(n1cc(C(=O)O)c(=O)cc1/C=C1\C=CC=C(OCCO)C1=N)C(C)(C)C. The molecular formula is C21H26N2O5. The molecule has 0 radical (unpaired) electrons. The minimum Gasteiger partial charge on any atom is -0.489 e. The zero-order valence-corrected chi connectivity index (χ0v) is 16.5. The van der Waals surface area contributed by atoms with Crippen molar-refractivity contribution in [2.24, 2.45) is 5.41 Å². The highest BCUT2D eigenvalue weighted by Gasteiger charge is 2.25. The van der Waals surface area contributed by atoms with Crippen LogP contribution in [0.4, 0.5) is 0 Å². The summed E-state index contributed by atoms with van der Waals surface area (Å²) in [7, 11) is 0. The van der Waals surface area contributed by atoms with Crippen LogP contribution in [0.3, 0.4) is 0 Å². The number of nitrogens with one attached hydrogen (secondary N) is 1. The quantitative estimate of drug-likeness (QED) is 0.696. The number of carboxylic acid groups (broad SMARTS) is 1. The Kier molecular flexibility index (Phi) is 6.41. The Labute approximate surface area is 163 Å². The second-order valence-electron chi connectivity index (χ2n) is 7.67. The van der Waals surface area contributed by atoms with Gasteiger partial charge in [0.2, 0.25) is 0 Å². The number of aliphatic hydroxyl groups is 1. The number of carbonyl (C=O) groups is 1. The highest BCUT2D eigenvalue weighted by molar-refractivity contribution is 6.14. The van der Waals surface area contributed by atoms with Gasteiger partial charge in [0.05, 0.1) is 6.61 Å². The molecule has 1 heterocycles. The zero-order valence-electron chi connectivity index (χ0n) is 16.5. The Balaban J connectivity index is 2.57. The van der Waals surface area contributed by atoms with Gasteiger partial charge in [-0.2, -0.15) is 0 Å². The molecule has 0 amide bonds. The van der Waals surface area contributed by atoms with Gasteiger partial charge in [-0.05, 0) is 24.5 Å². The third-order valence-electron chi connectivity index (χ3n) is 4.72. The predicted octanol–water partition coefficient (Wildman–Crippen LogP) is 3.02. The van der Waals surface area contributed by atoms with Crippen LogP contribution in [-0.2, 0) is 4.74 Å². The first-order valence-electron chi connectivity index (χ1n) is 8.98. The van der Waals surface area contributed by atoms with Gasteiger partial charge in [-0.15, -0.1) is 0 Å². The van der Waals surface area contributed by atoms with Crippen LogP contribution in [-0.4, -0.2) is 39.7 Å². The van der Waals surface area contributed by atoms with Crippen LogP contribution in [0.15, 0.2) is 46.6 Å². The van der Waals surface area contributed by atoms with E-state index >= 15 is 0 Å². The third kappa shape index (κ3) is 4.67.